The SMILES string of the molecule is CC(C)(C)c1ccc(OCC(=O)NCCSCc2ccccc2Cl)cc1. The fourth-order valence-electron chi connectivity index (χ4n) is 2.31. The number of benzene rings is 2. The summed E-state index contributed by atoms with van der Waals surface area (Å²) in [5.41, 5.74) is 2.47. The summed E-state index contributed by atoms with van der Waals surface area (Å²) in [5, 5.41) is 3.66. The summed E-state index contributed by atoms with van der Waals surface area (Å²) in [6.07, 6.45) is 0. The minimum atomic E-state index is -0.108. The minimum Gasteiger partial charge on any atom is -0.484 e. The van der Waals surface area contributed by atoms with Crippen LogP contribution in [0.25, 0.3) is 0 Å². The van der Waals surface area contributed by atoms with Gasteiger partial charge in [-0.1, -0.05) is 62.7 Å². The first-order valence-electron chi connectivity index (χ1n) is 8.67. The number of rotatable bonds is 8. The Morgan fingerprint density at radius 2 is 1.81 bits per heavy atom. The zero-order valence-electron chi connectivity index (χ0n) is 15.5. The molecule has 1 N–H and O–H groups in total. The molecule has 140 valence electrons. The van der Waals surface area contributed by atoms with E-state index in [9.17, 15) is 4.79 Å². The van der Waals surface area contributed by atoms with E-state index < -0.39 is 0 Å². The summed E-state index contributed by atoms with van der Waals surface area (Å²) in [5.74, 6) is 2.27. The van der Waals surface area contributed by atoms with Gasteiger partial charge in [0.25, 0.3) is 5.91 Å². The monoisotopic (exact) mass is 391 g/mol. The molecule has 0 aliphatic heterocycles. The highest BCUT2D eigenvalue weighted by Gasteiger charge is 2.13. The van der Waals surface area contributed by atoms with Gasteiger partial charge in [-0.15, -0.1) is 0 Å². The normalized spacial score (nSPS) is 11.2. The van der Waals surface area contributed by atoms with Crippen LogP contribution in [0.3, 0.4) is 0 Å². The van der Waals surface area contributed by atoms with Crippen LogP contribution < -0.4 is 10.1 Å². The van der Waals surface area contributed by atoms with Crippen molar-refractivity contribution in [2.24, 2.45) is 0 Å². The molecule has 0 spiro atoms. The molecule has 0 heterocycles. The third-order valence-corrected chi connectivity index (χ3v) is 5.25. The van der Waals surface area contributed by atoms with Crippen molar-refractivity contribution in [1.29, 1.82) is 0 Å². The Morgan fingerprint density at radius 1 is 1.12 bits per heavy atom. The Bertz CT molecular complexity index is 711. The highest BCUT2D eigenvalue weighted by molar-refractivity contribution is 7.98. The largest absolute Gasteiger partial charge is 0.484 e. The topological polar surface area (TPSA) is 38.3 Å². The fourth-order valence-corrected chi connectivity index (χ4v) is 3.46. The predicted octanol–water partition coefficient (Wildman–Crippen LogP) is 5.07. The number of carbonyl (C=O) groups excluding carboxylic acids is 1. The average molecular weight is 392 g/mol. The molecule has 3 nitrogen and oxygen atoms in total. The molecule has 1 amide bonds. The molecule has 0 radical (unpaired) electrons. The molecule has 0 fully saturated rings. The molecule has 0 saturated heterocycles. The van der Waals surface area contributed by atoms with Crippen LogP contribution in [0.2, 0.25) is 5.02 Å². The van der Waals surface area contributed by atoms with Crippen LogP contribution in [0.4, 0.5) is 0 Å². The summed E-state index contributed by atoms with van der Waals surface area (Å²) in [4.78, 5) is 11.9. The summed E-state index contributed by atoms with van der Waals surface area (Å²) < 4.78 is 5.54. The van der Waals surface area contributed by atoms with Crippen molar-refractivity contribution in [3.63, 3.8) is 0 Å². The van der Waals surface area contributed by atoms with Crippen molar-refractivity contribution in [2.75, 3.05) is 18.9 Å². The average Bonchev–Trinajstić information content (AvgIpc) is 2.61. The Balaban J connectivity index is 1.62. The first-order valence-corrected chi connectivity index (χ1v) is 10.2. The second-order valence-corrected chi connectivity index (χ2v) is 8.57. The third-order valence-electron chi connectivity index (χ3n) is 3.87. The molecule has 0 saturated carbocycles. The second kappa shape index (κ2) is 9.89. The van der Waals surface area contributed by atoms with Crippen LogP contribution in [0.1, 0.15) is 31.9 Å². The van der Waals surface area contributed by atoms with E-state index in [4.69, 9.17) is 16.3 Å². The zero-order valence-corrected chi connectivity index (χ0v) is 17.1. The molecular formula is C21H26ClNO2S. The lowest BCUT2D eigenvalue weighted by molar-refractivity contribution is -0.122. The molecular weight excluding hydrogens is 366 g/mol. The van der Waals surface area contributed by atoms with Gasteiger partial charge in [-0.3, -0.25) is 4.79 Å². The molecule has 2 aromatic carbocycles. The van der Waals surface area contributed by atoms with E-state index in [2.05, 4.69) is 26.1 Å². The van der Waals surface area contributed by atoms with Crippen LogP contribution in [0.15, 0.2) is 48.5 Å². The standard InChI is InChI=1S/C21H26ClNO2S/c1-21(2,3)17-8-10-18(11-9-17)25-14-20(24)23-12-13-26-15-16-6-4-5-7-19(16)22/h4-11H,12-15H2,1-3H3,(H,23,24). The number of thioether (sulfide) groups is 1. The summed E-state index contributed by atoms with van der Waals surface area (Å²) in [7, 11) is 0. The maximum atomic E-state index is 11.9. The molecule has 0 bridgehead atoms. The van der Waals surface area contributed by atoms with Gasteiger partial charge in [-0.25, -0.2) is 0 Å². The molecule has 26 heavy (non-hydrogen) atoms. The maximum absolute atomic E-state index is 11.9. The molecule has 0 aromatic heterocycles. The molecule has 2 rings (SSSR count). The lowest BCUT2D eigenvalue weighted by atomic mass is 9.87. The first-order chi connectivity index (χ1) is 12.4. The smallest absolute Gasteiger partial charge is 0.257 e. The zero-order chi connectivity index (χ0) is 19.0. The Labute approximate surface area is 165 Å². The molecule has 2 aromatic rings. The van der Waals surface area contributed by atoms with Crippen LogP contribution in [-0.2, 0) is 16.0 Å². The van der Waals surface area contributed by atoms with Crippen molar-refractivity contribution >= 4 is 29.3 Å². The van der Waals surface area contributed by atoms with Gasteiger partial charge in [0.2, 0.25) is 0 Å². The lowest BCUT2D eigenvalue weighted by Crippen LogP contribution is -2.30. The molecule has 5 heteroatoms. The van der Waals surface area contributed by atoms with Crippen molar-refractivity contribution in [3.8, 4) is 5.75 Å². The molecule has 0 atom stereocenters. The van der Waals surface area contributed by atoms with Crippen molar-refractivity contribution in [2.45, 2.75) is 31.9 Å². The maximum Gasteiger partial charge on any atom is 0.257 e. The number of halogens is 1. The van der Waals surface area contributed by atoms with E-state index in [1.54, 1.807) is 11.8 Å². The van der Waals surface area contributed by atoms with Gasteiger partial charge in [-0.2, -0.15) is 11.8 Å². The minimum absolute atomic E-state index is 0.0318. The van der Waals surface area contributed by atoms with Gasteiger partial charge in [0, 0.05) is 23.1 Å². The van der Waals surface area contributed by atoms with Gasteiger partial charge in [-0.05, 0) is 34.7 Å². The van der Waals surface area contributed by atoms with E-state index in [-0.39, 0.29) is 17.9 Å². The Kier molecular flexibility index (Phi) is 7.85. The number of ether oxygens (including phenoxy) is 1. The summed E-state index contributed by atoms with van der Waals surface area (Å²) in [6.45, 7) is 7.14. The van der Waals surface area contributed by atoms with Gasteiger partial charge in [0.1, 0.15) is 5.75 Å². The van der Waals surface area contributed by atoms with Crippen molar-refractivity contribution in [1.82, 2.24) is 5.32 Å². The second-order valence-electron chi connectivity index (χ2n) is 7.06. The van der Waals surface area contributed by atoms with Crippen LogP contribution in [0.5, 0.6) is 5.75 Å². The fraction of sp³-hybridized carbons (Fsp3) is 0.381. The van der Waals surface area contributed by atoms with E-state index in [0.717, 1.165) is 22.1 Å². The number of nitrogens with one attached hydrogen (secondary N) is 1. The van der Waals surface area contributed by atoms with Gasteiger partial charge in [0.15, 0.2) is 6.61 Å². The van der Waals surface area contributed by atoms with E-state index in [0.29, 0.717) is 12.3 Å². The van der Waals surface area contributed by atoms with Gasteiger partial charge < -0.3 is 10.1 Å². The van der Waals surface area contributed by atoms with E-state index in [1.807, 2.05) is 48.5 Å². The predicted molar refractivity (Wildman–Crippen MR) is 111 cm³/mol. The first kappa shape index (κ1) is 20.7. The van der Waals surface area contributed by atoms with Gasteiger partial charge in [0.05, 0.1) is 0 Å². The number of hydrogen-bond donors (Lipinski definition) is 1. The number of carbonyl (C=O) groups is 1. The highest BCUT2D eigenvalue weighted by Crippen LogP contribution is 2.24. The highest BCUT2D eigenvalue weighted by atomic mass is 35.5. The number of hydrogen-bond acceptors (Lipinski definition) is 3. The van der Waals surface area contributed by atoms with Gasteiger partial charge >= 0.3 is 0 Å². The Morgan fingerprint density at radius 3 is 2.46 bits per heavy atom. The van der Waals surface area contributed by atoms with E-state index in [1.165, 1.54) is 5.56 Å². The summed E-state index contributed by atoms with van der Waals surface area (Å²) in [6, 6.07) is 15.7. The van der Waals surface area contributed by atoms with Crippen LogP contribution >= 0.6 is 23.4 Å². The van der Waals surface area contributed by atoms with E-state index >= 15 is 0 Å². The quantitative estimate of drug-likeness (QED) is 0.638. The number of amides is 1. The van der Waals surface area contributed by atoms with Crippen molar-refractivity contribution in [3.05, 3.63) is 64.7 Å². The third kappa shape index (κ3) is 6.93. The summed E-state index contributed by atoms with van der Waals surface area (Å²) >= 11 is 7.86. The van der Waals surface area contributed by atoms with Crippen LogP contribution in [0, 0.1) is 0 Å². The Hall–Kier alpha value is -1.65. The van der Waals surface area contributed by atoms with Crippen molar-refractivity contribution < 1.29 is 9.53 Å². The van der Waals surface area contributed by atoms with Crippen LogP contribution in [-0.4, -0.2) is 24.8 Å². The molecule has 0 unspecified atom stereocenters. The lowest BCUT2D eigenvalue weighted by Gasteiger charge is -2.19. The molecule has 0 aliphatic rings. The molecule has 0 aliphatic carbocycles.